The first kappa shape index (κ1) is 11.9. The molecule has 0 saturated heterocycles. The Balaban J connectivity index is 2.42. The molecule has 0 aliphatic carbocycles. The van der Waals surface area contributed by atoms with Gasteiger partial charge in [0.05, 0.1) is 29.7 Å². The van der Waals surface area contributed by atoms with Crippen LogP contribution in [-0.4, -0.2) is 29.2 Å². The number of hydrogen-bond donors (Lipinski definition) is 1. The Labute approximate surface area is 104 Å². The third-order valence-electron chi connectivity index (χ3n) is 2.36. The van der Waals surface area contributed by atoms with Crippen LogP contribution in [0, 0.1) is 0 Å². The lowest BCUT2D eigenvalue weighted by Gasteiger charge is -2.08. The van der Waals surface area contributed by atoms with Crippen molar-refractivity contribution in [3.8, 4) is 11.4 Å². The van der Waals surface area contributed by atoms with Gasteiger partial charge in [0.15, 0.2) is 0 Å². The third kappa shape index (κ3) is 2.40. The van der Waals surface area contributed by atoms with Crippen molar-refractivity contribution in [1.29, 1.82) is 0 Å². The Hall–Kier alpha value is -1.59. The standard InChI is InChI=1S/C11H13ClN4O/c1-13-6-9-7-14-15-16(9)8-3-4-10(12)11(5-8)17-2/h3-5,7,13H,6H2,1-2H3. The molecule has 0 bridgehead atoms. The summed E-state index contributed by atoms with van der Waals surface area (Å²) in [7, 11) is 3.46. The zero-order valence-electron chi connectivity index (χ0n) is 9.64. The molecule has 1 aromatic heterocycles. The molecule has 0 aliphatic heterocycles. The monoisotopic (exact) mass is 252 g/mol. The first-order chi connectivity index (χ1) is 8.26. The van der Waals surface area contributed by atoms with Gasteiger partial charge in [-0.05, 0) is 19.2 Å². The molecule has 0 atom stereocenters. The van der Waals surface area contributed by atoms with Gasteiger partial charge in [0.2, 0.25) is 0 Å². The maximum atomic E-state index is 5.98. The van der Waals surface area contributed by atoms with E-state index in [1.165, 1.54) is 0 Å². The van der Waals surface area contributed by atoms with E-state index in [9.17, 15) is 0 Å². The average Bonchev–Trinajstić information content (AvgIpc) is 2.78. The van der Waals surface area contributed by atoms with Gasteiger partial charge >= 0.3 is 0 Å². The number of methoxy groups -OCH3 is 1. The molecule has 0 unspecified atom stereocenters. The summed E-state index contributed by atoms with van der Waals surface area (Å²) in [6, 6.07) is 5.48. The molecule has 0 fully saturated rings. The summed E-state index contributed by atoms with van der Waals surface area (Å²) in [5.74, 6) is 0.620. The smallest absolute Gasteiger partial charge is 0.139 e. The molecular formula is C11H13ClN4O. The Morgan fingerprint density at radius 2 is 2.29 bits per heavy atom. The second kappa shape index (κ2) is 5.16. The van der Waals surface area contributed by atoms with Crippen molar-refractivity contribution in [1.82, 2.24) is 20.3 Å². The van der Waals surface area contributed by atoms with Gasteiger partial charge in [0.1, 0.15) is 5.75 Å². The third-order valence-corrected chi connectivity index (χ3v) is 2.67. The summed E-state index contributed by atoms with van der Waals surface area (Å²) >= 11 is 5.98. The molecule has 0 saturated carbocycles. The van der Waals surface area contributed by atoms with E-state index in [-0.39, 0.29) is 0 Å². The highest BCUT2D eigenvalue weighted by Crippen LogP contribution is 2.26. The van der Waals surface area contributed by atoms with Crippen molar-refractivity contribution in [3.05, 3.63) is 35.1 Å². The van der Waals surface area contributed by atoms with Crippen molar-refractivity contribution >= 4 is 11.6 Å². The van der Waals surface area contributed by atoms with Crippen molar-refractivity contribution in [2.45, 2.75) is 6.54 Å². The molecule has 0 spiro atoms. The fraction of sp³-hybridized carbons (Fsp3) is 0.273. The topological polar surface area (TPSA) is 52.0 Å². The minimum atomic E-state index is 0.575. The van der Waals surface area contributed by atoms with Gasteiger partial charge in [-0.15, -0.1) is 5.10 Å². The molecular weight excluding hydrogens is 240 g/mol. The zero-order chi connectivity index (χ0) is 12.3. The van der Waals surface area contributed by atoms with Crippen molar-refractivity contribution in [2.75, 3.05) is 14.2 Å². The van der Waals surface area contributed by atoms with Gasteiger partial charge in [-0.25, -0.2) is 4.68 Å². The minimum Gasteiger partial charge on any atom is -0.495 e. The number of hydrogen-bond acceptors (Lipinski definition) is 4. The number of aromatic nitrogens is 3. The quantitative estimate of drug-likeness (QED) is 0.899. The fourth-order valence-electron chi connectivity index (χ4n) is 1.56. The van der Waals surface area contributed by atoms with Crippen LogP contribution < -0.4 is 10.1 Å². The van der Waals surface area contributed by atoms with E-state index in [4.69, 9.17) is 16.3 Å². The predicted octanol–water partition coefficient (Wildman–Crippen LogP) is 1.65. The van der Waals surface area contributed by atoms with Crippen molar-refractivity contribution < 1.29 is 4.74 Å². The van der Waals surface area contributed by atoms with Crippen LogP contribution in [0.2, 0.25) is 5.02 Å². The zero-order valence-corrected chi connectivity index (χ0v) is 10.4. The summed E-state index contributed by atoms with van der Waals surface area (Å²) in [6.07, 6.45) is 1.72. The van der Waals surface area contributed by atoms with Gasteiger partial charge in [0.25, 0.3) is 0 Å². The lowest BCUT2D eigenvalue weighted by molar-refractivity contribution is 0.414. The molecule has 2 aromatic rings. The molecule has 17 heavy (non-hydrogen) atoms. The van der Waals surface area contributed by atoms with Gasteiger partial charge in [-0.1, -0.05) is 16.8 Å². The van der Waals surface area contributed by atoms with Crippen LogP contribution in [0.15, 0.2) is 24.4 Å². The molecule has 1 heterocycles. The molecule has 1 aromatic carbocycles. The Morgan fingerprint density at radius 3 is 3.00 bits per heavy atom. The second-order valence-electron chi connectivity index (χ2n) is 3.49. The molecule has 0 radical (unpaired) electrons. The number of nitrogens with zero attached hydrogens (tertiary/aromatic N) is 3. The van der Waals surface area contributed by atoms with Crippen LogP contribution in [0.25, 0.3) is 5.69 Å². The maximum Gasteiger partial charge on any atom is 0.139 e. The minimum absolute atomic E-state index is 0.575. The summed E-state index contributed by atoms with van der Waals surface area (Å²) in [5.41, 5.74) is 1.84. The number of ether oxygens (including phenoxy) is 1. The highest BCUT2D eigenvalue weighted by molar-refractivity contribution is 6.32. The van der Waals surface area contributed by atoms with Crippen LogP contribution in [0.5, 0.6) is 5.75 Å². The molecule has 6 heteroatoms. The highest BCUT2D eigenvalue weighted by Gasteiger charge is 2.08. The summed E-state index contributed by atoms with van der Waals surface area (Å²) < 4.78 is 6.92. The van der Waals surface area contributed by atoms with Crippen molar-refractivity contribution in [2.24, 2.45) is 0 Å². The lowest BCUT2D eigenvalue weighted by Crippen LogP contribution is -2.11. The van der Waals surface area contributed by atoms with E-state index in [1.54, 1.807) is 24.1 Å². The predicted molar refractivity (Wildman–Crippen MR) is 65.7 cm³/mol. The molecule has 0 aliphatic rings. The normalized spacial score (nSPS) is 10.5. The largest absolute Gasteiger partial charge is 0.495 e. The van der Waals surface area contributed by atoms with Crippen LogP contribution in [-0.2, 0) is 6.54 Å². The number of benzene rings is 1. The summed E-state index contributed by atoms with van der Waals surface area (Å²) in [6.45, 7) is 0.692. The maximum absolute atomic E-state index is 5.98. The molecule has 0 amide bonds. The van der Waals surface area contributed by atoms with Gasteiger partial charge in [-0.2, -0.15) is 0 Å². The summed E-state index contributed by atoms with van der Waals surface area (Å²) in [5, 5.41) is 11.6. The average molecular weight is 253 g/mol. The van der Waals surface area contributed by atoms with E-state index in [0.29, 0.717) is 17.3 Å². The van der Waals surface area contributed by atoms with E-state index >= 15 is 0 Å². The summed E-state index contributed by atoms with van der Waals surface area (Å²) in [4.78, 5) is 0. The number of rotatable bonds is 4. The van der Waals surface area contributed by atoms with Crippen LogP contribution in [0.1, 0.15) is 5.69 Å². The second-order valence-corrected chi connectivity index (χ2v) is 3.89. The fourth-order valence-corrected chi connectivity index (χ4v) is 1.75. The highest BCUT2D eigenvalue weighted by atomic mass is 35.5. The van der Waals surface area contributed by atoms with E-state index in [0.717, 1.165) is 11.4 Å². The molecule has 2 rings (SSSR count). The molecule has 1 N–H and O–H groups in total. The first-order valence-corrected chi connectivity index (χ1v) is 5.52. The SMILES string of the molecule is CNCc1cnnn1-c1ccc(Cl)c(OC)c1. The number of nitrogens with one attached hydrogen (secondary N) is 1. The number of halogens is 1. The van der Waals surface area contributed by atoms with E-state index < -0.39 is 0 Å². The first-order valence-electron chi connectivity index (χ1n) is 5.14. The molecule has 90 valence electrons. The van der Waals surface area contributed by atoms with Crippen molar-refractivity contribution in [3.63, 3.8) is 0 Å². The van der Waals surface area contributed by atoms with E-state index in [2.05, 4.69) is 15.6 Å². The lowest BCUT2D eigenvalue weighted by atomic mass is 10.3. The van der Waals surface area contributed by atoms with Crippen LogP contribution in [0.4, 0.5) is 0 Å². The Kier molecular flexibility index (Phi) is 3.61. The van der Waals surface area contributed by atoms with Crippen LogP contribution in [0.3, 0.4) is 0 Å². The Bertz CT molecular complexity index is 512. The van der Waals surface area contributed by atoms with Gasteiger partial charge in [0, 0.05) is 12.6 Å². The van der Waals surface area contributed by atoms with E-state index in [1.807, 2.05) is 19.2 Å². The van der Waals surface area contributed by atoms with Crippen LogP contribution >= 0.6 is 11.6 Å². The Morgan fingerprint density at radius 1 is 1.47 bits per heavy atom. The van der Waals surface area contributed by atoms with Gasteiger partial charge in [-0.3, -0.25) is 0 Å². The van der Waals surface area contributed by atoms with Gasteiger partial charge < -0.3 is 10.1 Å². The molecule has 5 nitrogen and oxygen atoms in total.